The van der Waals surface area contributed by atoms with Crippen molar-refractivity contribution in [2.24, 2.45) is 5.92 Å². The predicted molar refractivity (Wildman–Crippen MR) is 130 cm³/mol. The number of nitrogens with one attached hydrogen (secondary N) is 1. The Morgan fingerprint density at radius 2 is 1.81 bits per heavy atom. The van der Waals surface area contributed by atoms with Crippen molar-refractivity contribution in [1.82, 2.24) is 19.8 Å². The molecule has 1 aromatic heterocycles. The lowest BCUT2D eigenvalue weighted by molar-refractivity contribution is -0.127. The Balaban J connectivity index is 1.05. The molecule has 3 aromatic rings. The topological polar surface area (TPSA) is 76.5 Å². The molecule has 0 radical (unpaired) electrons. The first-order chi connectivity index (χ1) is 17.6. The molecule has 8 heteroatoms. The standard InChI is InChI=1S/C28H29FN4O3/c29-21-8-5-19(6-9-21)25-15-33-17-30-26(24(33)16-36-25)28(35)32-13-11-20(12-14-32)27(34)31-23-10-7-18-3-1-2-4-22(18)23/h1-6,8-9,17,20,23,25H,7,10-16H2,(H,31,34). The van der Waals surface area contributed by atoms with Crippen molar-refractivity contribution in [2.45, 2.75) is 51.0 Å². The molecule has 0 bridgehead atoms. The van der Waals surface area contributed by atoms with Gasteiger partial charge >= 0.3 is 0 Å². The Labute approximate surface area is 209 Å². The van der Waals surface area contributed by atoms with Gasteiger partial charge in [0.1, 0.15) is 11.9 Å². The van der Waals surface area contributed by atoms with Crippen molar-refractivity contribution < 1.29 is 18.7 Å². The number of piperidine rings is 1. The molecule has 7 nitrogen and oxygen atoms in total. The summed E-state index contributed by atoms with van der Waals surface area (Å²) in [6, 6.07) is 14.7. The number of ether oxygens (including phenoxy) is 1. The molecule has 3 aliphatic rings. The Hall–Kier alpha value is -3.52. The number of benzene rings is 2. The van der Waals surface area contributed by atoms with Gasteiger partial charge < -0.3 is 19.5 Å². The fraction of sp³-hybridized carbons (Fsp3) is 0.393. The Morgan fingerprint density at radius 1 is 1.03 bits per heavy atom. The number of hydrogen-bond acceptors (Lipinski definition) is 4. The first kappa shape index (κ1) is 22.9. The molecule has 1 saturated heterocycles. The lowest BCUT2D eigenvalue weighted by Crippen LogP contribution is -2.44. The van der Waals surface area contributed by atoms with Gasteiger partial charge in [-0.05, 0) is 54.5 Å². The maximum atomic E-state index is 13.3. The van der Waals surface area contributed by atoms with E-state index >= 15 is 0 Å². The fourth-order valence-electron chi connectivity index (χ4n) is 5.68. The van der Waals surface area contributed by atoms with Crippen LogP contribution in [-0.2, 0) is 29.1 Å². The van der Waals surface area contributed by atoms with Crippen LogP contribution in [0, 0.1) is 11.7 Å². The monoisotopic (exact) mass is 488 g/mol. The van der Waals surface area contributed by atoms with Crippen LogP contribution in [-0.4, -0.2) is 39.4 Å². The third-order valence-corrected chi connectivity index (χ3v) is 7.78. The molecule has 3 heterocycles. The second-order valence-corrected chi connectivity index (χ2v) is 9.91. The van der Waals surface area contributed by atoms with Gasteiger partial charge in [-0.3, -0.25) is 9.59 Å². The minimum atomic E-state index is -0.282. The van der Waals surface area contributed by atoms with Gasteiger partial charge in [-0.1, -0.05) is 36.4 Å². The summed E-state index contributed by atoms with van der Waals surface area (Å²) >= 11 is 0. The van der Waals surface area contributed by atoms with Crippen LogP contribution in [0.25, 0.3) is 0 Å². The third-order valence-electron chi connectivity index (χ3n) is 7.78. The predicted octanol–water partition coefficient (Wildman–Crippen LogP) is 3.95. The first-order valence-corrected chi connectivity index (χ1v) is 12.7. The highest BCUT2D eigenvalue weighted by Gasteiger charge is 2.33. The molecule has 0 spiro atoms. The van der Waals surface area contributed by atoms with Gasteiger partial charge in [0.25, 0.3) is 5.91 Å². The summed E-state index contributed by atoms with van der Waals surface area (Å²) in [6.45, 7) is 1.85. The van der Waals surface area contributed by atoms with Crippen LogP contribution in [0.15, 0.2) is 54.9 Å². The van der Waals surface area contributed by atoms with Crippen molar-refractivity contribution in [3.8, 4) is 0 Å². The number of aryl methyl sites for hydroxylation is 1. The van der Waals surface area contributed by atoms with Crippen LogP contribution < -0.4 is 5.32 Å². The smallest absolute Gasteiger partial charge is 0.274 e. The van der Waals surface area contributed by atoms with Gasteiger partial charge in [0.2, 0.25) is 5.91 Å². The highest BCUT2D eigenvalue weighted by atomic mass is 19.1. The number of carbonyl (C=O) groups is 2. The minimum Gasteiger partial charge on any atom is -0.365 e. The zero-order valence-electron chi connectivity index (χ0n) is 20.0. The molecule has 186 valence electrons. The van der Waals surface area contributed by atoms with Crippen LogP contribution in [0.3, 0.4) is 0 Å². The van der Waals surface area contributed by atoms with Gasteiger partial charge in [-0.15, -0.1) is 0 Å². The van der Waals surface area contributed by atoms with E-state index < -0.39 is 0 Å². The molecular weight excluding hydrogens is 459 g/mol. The van der Waals surface area contributed by atoms with Crippen molar-refractivity contribution in [1.29, 1.82) is 0 Å². The van der Waals surface area contributed by atoms with E-state index in [1.807, 2.05) is 16.7 Å². The summed E-state index contributed by atoms with van der Waals surface area (Å²) in [5.74, 6) is -0.395. The second-order valence-electron chi connectivity index (χ2n) is 9.91. The summed E-state index contributed by atoms with van der Waals surface area (Å²) in [5.41, 5.74) is 4.62. The maximum absolute atomic E-state index is 13.3. The van der Waals surface area contributed by atoms with Gasteiger partial charge in [-0.25, -0.2) is 9.37 Å². The molecule has 1 aliphatic carbocycles. The largest absolute Gasteiger partial charge is 0.365 e. The number of hydrogen-bond donors (Lipinski definition) is 1. The van der Waals surface area contributed by atoms with Crippen LogP contribution >= 0.6 is 0 Å². The number of halogens is 1. The molecule has 1 fully saturated rings. The number of nitrogens with zero attached hydrogens (tertiary/aromatic N) is 3. The number of aromatic nitrogens is 2. The number of rotatable bonds is 4. The van der Waals surface area contributed by atoms with E-state index in [1.54, 1.807) is 23.4 Å². The van der Waals surface area contributed by atoms with Crippen LogP contribution in [0.4, 0.5) is 4.39 Å². The van der Waals surface area contributed by atoms with E-state index in [4.69, 9.17) is 4.74 Å². The van der Waals surface area contributed by atoms with Crippen molar-refractivity contribution in [3.63, 3.8) is 0 Å². The zero-order chi connectivity index (χ0) is 24.6. The second kappa shape index (κ2) is 9.50. The van der Waals surface area contributed by atoms with Gasteiger partial charge in [0, 0.05) is 19.0 Å². The van der Waals surface area contributed by atoms with Crippen LogP contribution in [0.5, 0.6) is 0 Å². The lowest BCUT2D eigenvalue weighted by Gasteiger charge is -2.32. The van der Waals surface area contributed by atoms with E-state index in [1.165, 1.54) is 23.3 Å². The molecular formula is C28H29FN4O3. The Bertz CT molecular complexity index is 1280. The number of imidazole rings is 1. The van der Waals surface area contributed by atoms with Gasteiger partial charge in [0.15, 0.2) is 5.69 Å². The Kier molecular flexibility index (Phi) is 6.05. The van der Waals surface area contributed by atoms with E-state index in [9.17, 15) is 14.0 Å². The van der Waals surface area contributed by atoms with Crippen LogP contribution in [0.2, 0.25) is 0 Å². The summed E-state index contributed by atoms with van der Waals surface area (Å²) in [5, 5.41) is 3.24. The highest BCUT2D eigenvalue weighted by molar-refractivity contribution is 5.93. The van der Waals surface area contributed by atoms with E-state index in [2.05, 4.69) is 22.4 Å². The fourth-order valence-corrected chi connectivity index (χ4v) is 5.68. The van der Waals surface area contributed by atoms with Crippen LogP contribution in [0.1, 0.15) is 64.3 Å². The van der Waals surface area contributed by atoms with Crippen molar-refractivity contribution in [2.75, 3.05) is 13.1 Å². The molecule has 2 atom stereocenters. The summed E-state index contributed by atoms with van der Waals surface area (Å²) in [6.07, 6.45) is 4.70. The van der Waals surface area contributed by atoms with Gasteiger partial charge in [-0.2, -0.15) is 0 Å². The minimum absolute atomic E-state index is 0.0856. The number of carbonyl (C=O) groups excluding carboxylic acids is 2. The van der Waals surface area contributed by atoms with Crippen molar-refractivity contribution in [3.05, 3.63) is 88.8 Å². The van der Waals surface area contributed by atoms with E-state index in [0.717, 1.165) is 24.1 Å². The number of likely N-dealkylation sites (tertiary alicyclic amines) is 1. The molecule has 0 saturated carbocycles. The summed E-state index contributed by atoms with van der Waals surface area (Å²) in [4.78, 5) is 32.4. The van der Waals surface area contributed by atoms with E-state index in [0.29, 0.717) is 38.2 Å². The molecule has 1 N–H and O–H groups in total. The molecule has 2 unspecified atom stereocenters. The summed E-state index contributed by atoms with van der Waals surface area (Å²) < 4.78 is 21.2. The SMILES string of the molecule is O=C(NC1CCc2ccccc21)C1CCN(C(=O)c2ncn3c2COC(c2ccc(F)cc2)C3)CC1. The zero-order valence-corrected chi connectivity index (χ0v) is 20.0. The highest BCUT2D eigenvalue weighted by Crippen LogP contribution is 2.32. The molecule has 36 heavy (non-hydrogen) atoms. The first-order valence-electron chi connectivity index (χ1n) is 12.7. The average molecular weight is 489 g/mol. The molecule has 6 rings (SSSR count). The quantitative estimate of drug-likeness (QED) is 0.604. The Morgan fingerprint density at radius 3 is 2.61 bits per heavy atom. The maximum Gasteiger partial charge on any atom is 0.274 e. The normalized spacial score (nSPS) is 21.6. The third kappa shape index (κ3) is 4.30. The lowest BCUT2D eigenvalue weighted by atomic mass is 9.95. The number of amides is 2. The van der Waals surface area contributed by atoms with Crippen molar-refractivity contribution >= 4 is 11.8 Å². The molecule has 2 aromatic carbocycles. The molecule has 2 amide bonds. The van der Waals surface area contributed by atoms with E-state index in [-0.39, 0.29) is 42.3 Å². The average Bonchev–Trinajstić information content (AvgIpc) is 3.53. The van der Waals surface area contributed by atoms with Gasteiger partial charge in [0.05, 0.1) is 31.2 Å². The molecule has 2 aliphatic heterocycles. The number of fused-ring (bicyclic) bond motifs is 2. The summed E-state index contributed by atoms with van der Waals surface area (Å²) in [7, 11) is 0.